The fourth-order valence-electron chi connectivity index (χ4n) is 3.56. The quantitative estimate of drug-likeness (QED) is 0.734. The molecule has 0 aromatic heterocycles. The number of ether oxygens (including phenoxy) is 1. The second-order valence-electron chi connectivity index (χ2n) is 5.96. The van der Waals surface area contributed by atoms with Crippen molar-refractivity contribution in [2.75, 3.05) is 39.9 Å². The minimum atomic E-state index is 0.176. The van der Waals surface area contributed by atoms with Gasteiger partial charge in [0, 0.05) is 44.4 Å². The summed E-state index contributed by atoms with van der Waals surface area (Å²) in [4.78, 5) is 5.22. The van der Waals surface area contributed by atoms with Crippen molar-refractivity contribution in [1.29, 1.82) is 0 Å². The Hall–Kier alpha value is -0.160. The maximum Gasteiger partial charge on any atom is 0.0589 e. The van der Waals surface area contributed by atoms with E-state index >= 15 is 0 Å². The van der Waals surface area contributed by atoms with E-state index < -0.39 is 0 Å². The molecule has 1 saturated carbocycles. The summed E-state index contributed by atoms with van der Waals surface area (Å²) in [5, 5.41) is 0. The third-order valence-electron chi connectivity index (χ3n) is 4.73. The number of nitrogens with zero attached hydrogens (tertiary/aromatic N) is 2. The summed E-state index contributed by atoms with van der Waals surface area (Å²) < 4.78 is 5.24. The lowest BCUT2D eigenvalue weighted by atomic mass is 9.94. The van der Waals surface area contributed by atoms with E-state index in [0.29, 0.717) is 6.04 Å². The molecule has 18 heavy (non-hydrogen) atoms. The van der Waals surface area contributed by atoms with Crippen LogP contribution >= 0.6 is 0 Å². The van der Waals surface area contributed by atoms with Gasteiger partial charge in [0.05, 0.1) is 6.61 Å². The molecule has 1 saturated heterocycles. The number of methoxy groups -OCH3 is 1. The van der Waals surface area contributed by atoms with E-state index in [0.717, 1.165) is 38.8 Å². The second kappa shape index (κ2) is 5.87. The van der Waals surface area contributed by atoms with E-state index in [4.69, 9.17) is 10.5 Å². The number of hydrogen-bond acceptors (Lipinski definition) is 4. The maximum atomic E-state index is 6.15. The van der Waals surface area contributed by atoms with E-state index in [1.165, 1.54) is 19.3 Å². The zero-order valence-electron chi connectivity index (χ0n) is 12.2. The van der Waals surface area contributed by atoms with Gasteiger partial charge in [-0.2, -0.15) is 0 Å². The zero-order chi connectivity index (χ0) is 13.2. The number of rotatable bonds is 7. The second-order valence-corrected chi connectivity index (χ2v) is 5.96. The molecule has 0 aromatic carbocycles. The molecule has 4 heteroatoms. The molecular weight excluding hydrogens is 226 g/mol. The van der Waals surface area contributed by atoms with Crippen molar-refractivity contribution in [2.24, 2.45) is 5.73 Å². The lowest BCUT2D eigenvalue weighted by Gasteiger charge is -2.40. The SMILES string of the molecule is CCN(CCOC)C1(CN)CC(C)N(C2CC2)C1. The van der Waals surface area contributed by atoms with Crippen molar-refractivity contribution in [1.82, 2.24) is 9.80 Å². The van der Waals surface area contributed by atoms with Crippen molar-refractivity contribution in [3.05, 3.63) is 0 Å². The van der Waals surface area contributed by atoms with Crippen LogP contribution in [0, 0.1) is 0 Å². The molecule has 4 nitrogen and oxygen atoms in total. The van der Waals surface area contributed by atoms with Crippen LogP contribution in [-0.4, -0.2) is 67.3 Å². The highest BCUT2D eigenvalue weighted by Crippen LogP contribution is 2.39. The van der Waals surface area contributed by atoms with Crippen LogP contribution in [0.3, 0.4) is 0 Å². The minimum Gasteiger partial charge on any atom is -0.383 e. The van der Waals surface area contributed by atoms with Gasteiger partial charge >= 0.3 is 0 Å². The van der Waals surface area contributed by atoms with E-state index in [2.05, 4.69) is 23.6 Å². The molecule has 2 unspecified atom stereocenters. The Morgan fingerprint density at radius 1 is 1.44 bits per heavy atom. The molecule has 1 heterocycles. The molecule has 0 spiro atoms. The van der Waals surface area contributed by atoms with Gasteiger partial charge in [-0.3, -0.25) is 9.80 Å². The lowest BCUT2D eigenvalue weighted by molar-refractivity contribution is 0.0679. The Bertz CT molecular complexity index is 270. The van der Waals surface area contributed by atoms with Crippen molar-refractivity contribution >= 4 is 0 Å². The molecule has 0 amide bonds. The van der Waals surface area contributed by atoms with Gasteiger partial charge in [-0.25, -0.2) is 0 Å². The van der Waals surface area contributed by atoms with E-state index in [9.17, 15) is 0 Å². The first-order chi connectivity index (χ1) is 8.66. The first-order valence-corrected chi connectivity index (χ1v) is 7.36. The largest absolute Gasteiger partial charge is 0.383 e. The summed E-state index contributed by atoms with van der Waals surface area (Å²) in [6, 6.07) is 1.52. The van der Waals surface area contributed by atoms with Crippen LogP contribution in [0.2, 0.25) is 0 Å². The highest BCUT2D eigenvalue weighted by atomic mass is 16.5. The predicted octanol–water partition coefficient (Wildman–Crippen LogP) is 0.909. The zero-order valence-corrected chi connectivity index (χ0v) is 12.2. The summed E-state index contributed by atoms with van der Waals surface area (Å²) >= 11 is 0. The molecule has 2 N–H and O–H groups in total. The average molecular weight is 255 g/mol. The molecule has 0 bridgehead atoms. The Morgan fingerprint density at radius 2 is 2.17 bits per heavy atom. The van der Waals surface area contributed by atoms with Gasteiger partial charge in [0.15, 0.2) is 0 Å². The van der Waals surface area contributed by atoms with Gasteiger partial charge in [0.1, 0.15) is 0 Å². The van der Waals surface area contributed by atoms with E-state index in [1.54, 1.807) is 7.11 Å². The van der Waals surface area contributed by atoms with Crippen molar-refractivity contribution in [3.8, 4) is 0 Å². The van der Waals surface area contributed by atoms with Crippen molar-refractivity contribution in [2.45, 2.75) is 50.7 Å². The van der Waals surface area contributed by atoms with Gasteiger partial charge in [-0.1, -0.05) is 6.92 Å². The monoisotopic (exact) mass is 255 g/mol. The molecule has 106 valence electrons. The molecule has 0 radical (unpaired) electrons. The Labute approximate surface area is 111 Å². The summed E-state index contributed by atoms with van der Waals surface area (Å²) in [6.07, 6.45) is 3.97. The van der Waals surface area contributed by atoms with Gasteiger partial charge in [0.25, 0.3) is 0 Å². The van der Waals surface area contributed by atoms with Gasteiger partial charge < -0.3 is 10.5 Å². The molecular formula is C14H29N3O. The van der Waals surface area contributed by atoms with Gasteiger partial charge in [-0.05, 0) is 32.7 Å². The van der Waals surface area contributed by atoms with Crippen molar-refractivity contribution < 1.29 is 4.74 Å². The topological polar surface area (TPSA) is 41.7 Å². The van der Waals surface area contributed by atoms with Crippen LogP contribution in [-0.2, 0) is 4.74 Å². The predicted molar refractivity (Wildman–Crippen MR) is 74.7 cm³/mol. The average Bonchev–Trinajstić information content (AvgIpc) is 3.15. The van der Waals surface area contributed by atoms with E-state index in [-0.39, 0.29) is 5.54 Å². The normalized spacial score (nSPS) is 33.5. The summed E-state index contributed by atoms with van der Waals surface area (Å²) in [5.74, 6) is 0. The number of nitrogens with two attached hydrogens (primary N) is 1. The smallest absolute Gasteiger partial charge is 0.0589 e. The molecule has 2 fully saturated rings. The highest BCUT2D eigenvalue weighted by molar-refractivity contribution is 5.06. The summed E-state index contributed by atoms with van der Waals surface area (Å²) in [6.45, 7) is 9.36. The van der Waals surface area contributed by atoms with Gasteiger partial charge in [0.2, 0.25) is 0 Å². The van der Waals surface area contributed by atoms with Crippen LogP contribution in [0.5, 0.6) is 0 Å². The highest BCUT2D eigenvalue weighted by Gasteiger charge is 2.48. The molecule has 1 aliphatic heterocycles. The first-order valence-electron chi connectivity index (χ1n) is 7.36. The molecule has 2 atom stereocenters. The number of hydrogen-bond donors (Lipinski definition) is 1. The maximum absolute atomic E-state index is 6.15. The standard InChI is InChI=1S/C14H29N3O/c1-4-16(7-8-18-3)14(10-15)9-12(2)17(11-14)13-5-6-13/h12-13H,4-11,15H2,1-3H3. The Balaban J connectivity index is 2.04. The van der Waals surface area contributed by atoms with Crippen LogP contribution in [0.25, 0.3) is 0 Å². The van der Waals surface area contributed by atoms with Crippen LogP contribution < -0.4 is 5.73 Å². The lowest BCUT2D eigenvalue weighted by Crippen LogP contribution is -2.56. The first kappa shape index (κ1) is 14.3. The minimum absolute atomic E-state index is 0.176. The molecule has 1 aliphatic carbocycles. The van der Waals surface area contributed by atoms with E-state index in [1.807, 2.05) is 0 Å². The number of likely N-dealkylation sites (N-methyl/N-ethyl adjacent to an activating group) is 1. The van der Waals surface area contributed by atoms with Gasteiger partial charge in [-0.15, -0.1) is 0 Å². The fraction of sp³-hybridized carbons (Fsp3) is 1.00. The molecule has 2 rings (SSSR count). The van der Waals surface area contributed by atoms with Crippen LogP contribution in [0.4, 0.5) is 0 Å². The third kappa shape index (κ3) is 2.72. The van der Waals surface area contributed by atoms with Crippen LogP contribution in [0.15, 0.2) is 0 Å². The Kier molecular flexibility index (Phi) is 4.64. The molecule has 0 aromatic rings. The summed E-state index contributed by atoms with van der Waals surface area (Å²) in [5.41, 5.74) is 6.33. The molecule has 2 aliphatic rings. The van der Waals surface area contributed by atoms with Crippen molar-refractivity contribution in [3.63, 3.8) is 0 Å². The Morgan fingerprint density at radius 3 is 2.67 bits per heavy atom. The summed E-state index contributed by atoms with van der Waals surface area (Å²) in [7, 11) is 1.77. The fourth-order valence-corrected chi connectivity index (χ4v) is 3.56. The third-order valence-corrected chi connectivity index (χ3v) is 4.73. The number of likely N-dealkylation sites (tertiary alicyclic amines) is 1. The van der Waals surface area contributed by atoms with Crippen LogP contribution in [0.1, 0.15) is 33.1 Å².